The Kier molecular flexibility index (Phi) is 5.59. The van der Waals surface area contributed by atoms with Gasteiger partial charge in [-0.05, 0) is 32.0 Å². The van der Waals surface area contributed by atoms with Crippen LogP contribution in [0.3, 0.4) is 0 Å². The van der Waals surface area contributed by atoms with E-state index in [1.165, 1.54) is 5.56 Å². The van der Waals surface area contributed by atoms with Gasteiger partial charge >= 0.3 is 0 Å². The van der Waals surface area contributed by atoms with Gasteiger partial charge in [0.25, 0.3) is 5.91 Å². The molecule has 0 aliphatic heterocycles. The first-order valence-electron chi connectivity index (χ1n) is 9.59. The number of benzene rings is 3. The zero-order valence-corrected chi connectivity index (χ0v) is 17.4. The molecule has 4 rings (SSSR count). The lowest BCUT2D eigenvalue weighted by Crippen LogP contribution is -2.20. The van der Waals surface area contributed by atoms with Crippen LogP contribution in [0, 0.1) is 6.92 Å². The van der Waals surface area contributed by atoms with Crippen molar-refractivity contribution in [3.05, 3.63) is 101 Å². The molecule has 0 fully saturated rings. The number of hydrazone groups is 1. The number of fused-ring (bicyclic) bond motifs is 1. The molecule has 0 bridgehead atoms. The van der Waals surface area contributed by atoms with Crippen molar-refractivity contribution < 1.29 is 4.79 Å². The van der Waals surface area contributed by atoms with Crippen LogP contribution in [-0.4, -0.2) is 16.6 Å². The molecule has 30 heavy (non-hydrogen) atoms. The number of nitrogens with zero attached hydrogens (tertiary/aromatic N) is 2. The molecule has 0 spiro atoms. The van der Waals surface area contributed by atoms with E-state index in [9.17, 15) is 4.79 Å². The maximum Gasteiger partial charge on any atom is 0.272 e. The molecule has 4 aromatic rings. The number of halogens is 1. The van der Waals surface area contributed by atoms with Gasteiger partial charge in [0.05, 0.1) is 22.5 Å². The second-order valence-electron chi connectivity index (χ2n) is 7.06. The number of aromatic nitrogens is 1. The van der Waals surface area contributed by atoms with E-state index in [0.29, 0.717) is 16.3 Å². The summed E-state index contributed by atoms with van der Waals surface area (Å²) in [5, 5.41) is 5.63. The van der Waals surface area contributed by atoms with Crippen LogP contribution in [0.4, 0.5) is 0 Å². The Bertz CT molecular complexity index is 1260. The summed E-state index contributed by atoms with van der Waals surface area (Å²) in [6.07, 6.45) is 0. The van der Waals surface area contributed by atoms with Gasteiger partial charge in [0.2, 0.25) is 0 Å². The van der Waals surface area contributed by atoms with Crippen LogP contribution in [-0.2, 0) is 0 Å². The second-order valence-corrected chi connectivity index (χ2v) is 7.46. The van der Waals surface area contributed by atoms with E-state index in [-0.39, 0.29) is 5.91 Å². The van der Waals surface area contributed by atoms with E-state index < -0.39 is 0 Å². The molecule has 0 atom stereocenters. The predicted molar refractivity (Wildman–Crippen MR) is 123 cm³/mol. The zero-order chi connectivity index (χ0) is 21.1. The molecule has 148 valence electrons. The molecule has 0 saturated carbocycles. The highest BCUT2D eigenvalue weighted by Gasteiger charge is 2.14. The summed E-state index contributed by atoms with van der Waals surface area (Å²) in [5.41, 5.74) is 8.22. The normalized spacial score (nSPS) is 11.5. The third-order valence-corrected chi connectivity index (χ3v) is 5.23. The number of pyridine rings is 1. The number of carbonyl (C=O) groups excluding carboxylic acids is 1. The van der Waals surface area contributed by atoms with Gasteiger partial charge in [-0.3, -0.25) is 4.79 Å². The molecular weight excluding hydrogens is 394 g/mol. The Morgan fingerprint density at radius 1 is 0.933 bits per heavy atom. The molecule has 5 heteroatoms. The van der Waals surface area contributed by atoms with Crippen molar-refractivity contribution in [3.8, 4) is 11.3 Å². The van der Waals surface area contributed by atoms with E-state index in [2.05, 4.69) is 10.5 Å². The van der Waals surface area contributed by atoms with Gasteiger partial charge in [-0.15, -0.1) is 0 Å². The highest BCUT2D eigenvalue weighted by molar-refractivity contribution is 6.34. The van der Waals surface area contributed by atoms with Gasteiger partial charge < -0.3 is 0 Å². The topological polar surface area (TPSA) is 54.4 Å². The predicted octanol–water partition coefficient (Wildman–Crippen LogP) is 6.02. The molecule has 4 nitrogen and oxygen atoms in total. The summed E-state index contributed by atoms with van der Waals surface area (Å²) in [6, 6.07) is 24.9. The Hall–Kier alpha value is -3.50. The van der Waals surface area contributed by atoms with Crippen LogP contribution in [0.25, 0.3) is 22.2 Å². The Balaban J connectivity index is 1.72. The number of hydrogen-bond donors (Lipinski definition) is 1. The van der Waals surface area contributed by atoms with Crippen molar-refractivity contribution in [1.82, 2.24) is 10.4 Å². The van der Waals surface area contributed by atoms with Crippen LogP contribution in [0.15, 0.2) is 84.0 Å². The Morgan fingerprint density at radius 3 is 2.40 bits per heavy atom. The lowest BCUT2D eigenvalue weighted by Gasteiger charge is -2.10. The van der Waals surface area contributed by atoms with Crippen LogP contribution in [0.2, 0.25) is 5.02 Å². The van der Waals surface area contributed by atoms with E-state index in [4.69, 9.17) is 16.6 Å². The molecule has 0 aliphatic rings. The number of amides is 1. The first-order chi connectivity index (χ1) is 14.5. The highest BCUT2D eigenvalue weighted by atomic mass is 35.5. The van der Waals surface area contributed by atoms with Crippen molar-refractivity contribution in [2.24, 2.45) is 5.10 Å². The van der Waals surface area contributed by atoms with Crippen molar-refractivity contribution >= 4 is 34.1 Å². The molecule has 1 aromatic heterocycles. The number of carbonyl (C=O) groups is 1. The third-order valence-electron chi connectivity index (χ3n) is 4.90. The third kappa shape index (κ3) is 4.09. The fourth-order valence-corrected chi connectivity index (χ4v) is 3.52. The molecule has 0 unspecified atom stereocenters. The fraction of sp³-hybridized carbons (Fsp3) is 0.0800. The molecule has 1 amide bonds. The standard InChI is InChI=1S/C25H20ClN3O/c1-16-11-13-18(14-12-16)24-15-21(20-8-4-6-10-23(20)27-24)25(30)29-28-17(2)19-7-3-5-9-22(19)26/h3-15H,1-2H3,(H,29,30). The van der Waals surface area contributed by atoms with Gasteiger partial charge in [0, 0.05) is 21.5 Å². The maximum atomic E-state index is 13.0. The zero-order valence-electron chi connectivity index (χ0n) is 16.7. The maximum absolute atomic E-state index is 13.0. The van der Waals surface area contributed by atoms with Gasteiger partial charge in [-0.2, -0.15) is 5.10 Å². The minimum atomic E-state index is -0.298. The lowest BCUT2D eigenvalue weighted by atomic mass is 10.0. The van der Waals surface area contributed by atoms with Gasteiger partial charge in [0.1, 0.15) is 0 Å². The first kappa shape index (κ1) is 19.8. The molecule has 1 heterocycles. The second kappa shape index (κ2) is 8.47. The number of rotatable bonds is 4. The van der Waals surface area contributed by atoms with Crippen LogP contribution >= 0.6 is 11.6 Å². The minimum absolute atomic E-state index is 0.298. The van der Waals surface area contributed by atoms with Crippen LogP contribution < -0.4 is 5.43 Å². The fourth-order valence-electron chi connectivity index (χ4n) is 3.25. The SMILES string of the molecule is CC(=NNC(=O)c1cc(-c2ccc(C)cc2)nc2ccccc12)c1ccccc1Cl. The van der Waals surface area contributed by atoms with E-state index >= 15 is 0 Å². The van der Waals surface area contributed by atoms with Crippen LogP contribution in [0.1, 0.15) is 28.4 Å². The Morgan fingerprint density at radius 2 is 1.63 bits per heavy atom. The summed E-state index contributed by atoms with van der Waals surface area (Å²) >= 11 is 6.23. The molecular formula is C25H20ClN3O. The van der Waals surface area contributed by atoms with Crippen molar-refractivity contribution in [1.29, 1.82) is 0 Å². The first-order valence-corrected chi connectivity index (χ1v) is 9.97. The van der Waals surface area contributed by atoms with Gasteiger partial charge in [-0.25, -0.2) is 10.4 Å². The average molecular weight is 414 g/mol. The van der Waals surface area contributed by atoms with E-state index in [0.717, 1.165) is 27.7 Å². The number of nitrogens with one attached hydrogen (secondary N) is 1. The smallest absolute Gasteiger partial charge is 0.267 e. The van der Waals surface area contributed by atoms with Gasteiger partial charge in [-0.1, -0.05) is 77.8 Å². The van der Waals surface area contributed by atoms with E-state index in [1.54, 1.807) is 6.07 Å². The summed E-state index contributed by atoms with van der Waals surface area (Å²) < 4.78 is 0. The number of aryl methyl sites for hydroxylation is 1. The minimum Gasteiger partial charge on any atom is -0.267 e. The average Bonchev–Trinajstić information content (AvgIpc) is 2.77. The van der Waals surface area contributed by atoms with Crippen LogP contribution in [0.5, 0.6) is 0 Å². The van der Waals surface area contributed by atoms with Crippen molar-refractivity contribution in [3.63, 3.8) is 0 Å². The number of para-hydroxylation sites is 1. The largest absolute Gasteiger partial charge is 0.272 e. The molecule has 0 saturated heterocycles. The summed E-state index contributed by atoms with van der Waals surface area (Å²) in [6.45, 7) is 3.85. The molecule has 3 aromatic carbocycles. The van der Waals surface area contributed by atoms with Crippen molar-refractivity contribution in [2.45, 2.75) is 13.8 Å². The number of hydrogen-bond acceptors (Lipinski definition) is 3. The van der Waals surface area contributed by atoms with Gasteiger partial charge in [0.15, 0.2) is 0 Å². The summed E-state index contributed by atoms with van der Waals surface area (Å²) in [7, 11) is 0. The van der Waals surface area contributed by atoms with E-state index in [1.807, 2.05) is 86.6 Å². The molecule has 0 aliphatic carbocycles. The summed E-state index contributed by atoms with van der Waals surface area (Å²) in [5.74, 6) is -0.298. The Labute approximate surface area is 180 Å². The monoisotopic (exact) mass is 413 g/mol. The van der Waals surface area contributed by atoms with Crippen molar-refractivity contribution in [2.75, 3.05) is 0 Å². The summed E-state index contributed by atoms with van der Waals surface area (Å²) in [4.78, 5) is 17.8. The molecule has 0 radical (unpaired) electrons. The highest BCUT2D eigenvalue weighted by Crippen LogP contribution is 2.25. The lowest BCUT2D eigenvalue weighted by molar-refractivity contribution is 0.0956. The quantitative estimate of drug-likeness (QED) is 0.328. The molecule has 1 N–H and O–H groups in total.